The molecule has 1 aromatic heterocycles. The standard InChI is InChI=1S/C23H26N2O/c1-17-9-11-21(12-10-17)16-25-19(3)15-18(2)22(25)23(26)24-14-13-20-7-5-4-6-8-20/h4-12,15H,13-14,16H2,1-3H3,(H,24,26). The Morgan fingerprint density at radius 3 is 2.31 bits per heavy atom. The fourth-order valence-corrected chi connectivity index (χ4v) is 3.28. The number of aromatic nitrogens is 1. The number of benzene rings is 2. The first-order valence-electron chi connectivity index (χ1n) is 9.09. The Bertz CT molecular complexity index is 877. The van der Waals surface area contributed by atoms with Crippen molar-refractivity contribution in [3.63, 3.8) is 0 Å². The fourth-order valence-electron chi connectivity index (χ4n) is 3.28. The first-order chi connectivity index (χ1) is 12.5. The minimum atomic E-state index is -0.00126. The lowest BCUT2D eigenvalue weighted by atomic mass is 10.1. The minimum absolute atomic E-state index is 0.00126. The smallest absolute Gasteiger partial charge is 0.268 e. The number of aryl methyl sites for hydroxylation is 3. The van der Waals surface area contributed by atoms with Crippen molar-refractivity contribution in [2.24, 2.45) is 0 Å². The second-order valence-electron chi connectivity index (χ2n) is 6.88. The van der Waals surface area contributed by atoms with Gasteiger partial charge in [-0.3, -0.25) is 4.79 Å². The van der Waals surface area contributed by atoms with Crippen LogP contribution in [-0.2, 0) is 13.0 Å². The maximum atomic E-state index is 12.8. The molecular weight excluding hydrogens is 320 g/mol. The van der Waals surface area contributed by atoms with Crippen molar-refractivity contribution in [2.75, 3.05) is 6.54 Å². The van der Waals surface area contributed by atoms with Gasteiger partial charge in [0.15, 0.2) is 0 Å². The summed E-state index contributed by atoms with van der Waals surface area (Å²) in [6, 6.07) is 20.8. The molecule has 0 spiro atoms. The Morgan fingerprint density at radius 1 is 0.923 bits per heavy atom. The molecule has 3 rings (SSSR count). The Labute approximate surface area is 155 Å². The third kappa shape index (κ3) is 4.23. The Kier molecular flexibility index (Phi) is 5.57. The first-order valence-corrected chi connectivity index (χ1v) is 9.09. The molecule has 0 fully saturated rings. The highest BCUT2D eigenvalue weighted by Crippen LogP contribution is 2.17. The molecule has 0 aliphatic rings. The van der Waals surface area contributed by atoms with Crippen LogP contribution in [0.15, 0.2) is 60.7 Å². The summed E-state index contributed by atoms with van der Waals surface area (Å²) in [5.41, 5.74) is 6.57. The molecule has 0 aliphatic carbocycles. The van der Waals surface area contributed by atoms with Crippen molar-refractivity contribution in [3.8, 4) is 0 Å². The van der Waals surface area contributed by atoms with Crippen LogP contribution in [0, 0.1) is 20.8 Å². The molecule has 134 valence electrons. The summed E-state index contributed by atoms with van der Waals surface area (Å²) < 4.78 is 2.11. The number of carbonyl (C=O) groups is 1. The molecule has 2 aromatic carbocycles. The molecule has 3 aromatic rings. The zero-order valence-electron chi connectivity index (χ0n) is 15.8. The van der Waals surface area contributed by atoms with Gasteiger partial charge >= 0.3 is 0 Å². The van der Waals surface area contributed by atoms with Crippen LogP contribution in [0.5, 0.6) is 0 Å². The van der Waals surface area contributed by atoms with Crippen LogP contribution in [0.2, 0.25) is 0 Å². The van der Waals surface area contributed by atoms with Gasteiger partial charge in [0.1, 0.15) is 5.69 Å². The number of amides is 1. The summed E-state index contributed by atoms with van der Waals surface area (Å²) >= 11 is 0. The third-order valence-corrected chi connectivity index (χ3v) is 4.71. The van der Waals surface area contributed by atoms with E-state index in [4.69, 9.17) is 0 Å². The van der Waals surface area contributed by atoms with Crippen molar-refractivity contribution in [1.82, 2.24) is 9.88 Å². The van der Waals surface area contributed by atoms with E-state index in [-0.39, 0.29) is 5.91 Å². The van der Waals surface area contributed by atoms with Crippen LogP contribution in [0.4, 0.5) is 0 Å². The zero-order valence-corrected chi connectivity index (χ0v) is 15.8. The third-order valence-electron chi connectivity index (χ3n) is 4.71. The molecule has 0 radical (unpaired) electrons. The largest absolute Gasteiger partial charge is 0.350 e. The van der Waals surface area contributed by atoms with Crippen LogP contribution in [-0.4, -0.2) is 17.0 Å². The number of rotatable bonds is 6. The lowest BCUT2D eigenvalue weighted by Crippen LogP contribution is -2.29. The summed E-state index contributed by atoms with van der Waals surface area (Å²) in [6.45, 7) is 7.49. The Morgan fingerprint density at radius 2 is 1.62 bits per heavy atom. The Balaban J connectivity index is 1.72. The van der Waals surface area contributed by atoms with Crippen LogP contribution in [0.3, 0.4) is 0 Å². The first kappa shape index (κ1) is 18.0. The van der Waals surface area contributed by atoms with E-state index in [1.807, 2.05) is 25.1 Å². The summed E-state index contributed by atoms with van der Waals surface area (Å²) in [5.74, 6) is -0.00126. The van der Waals surface area contributed by atoms with Gasteiger partial charge in [-0.2, -0.15) is 0 Å². The summed E-state index contributed by atoms with van der Waals surface area (Å²) in [6.07, 6.45) is 0.837. The van der Waals surface area contributed by atoms with Gasteiger partial charge in [-0.15, -0.1) is 0 Å². The molecule has 0 unspecified atom stereocenters. The number of nitrogens with zero attached hydrogens (tertiary/aromatic N) is 1. The van der Waals surface area contributed by atoms with E-state index in [0.717, 1.165) is 23.4 Å². The van der Waals surface area contributed by atoms with Gasteiger partial charge in [-0.05, 0) is 49.9 Å². The van der Waals surface area contributed by atoms with Gasteiger partial charge < -0.3 is 9.88 Å². The van der Waals surface area contributed by atoms with Crippen molar-refractivity contribution in [3.05, 3.63) is 94.3 Å². The van der Waals surface area contributed by atoms with E-state index in [1.54, 1.807) is 0 Å². The van der Waals surface area contributed by atoms with Crippen LogP contribution in [0.1, 0.15) is 38.4 Å². The number of hydrogen-bond donors (Lipinski definition) is 1. The van der Waals surface area contributed by atoms with Gasteiger partial charge in [-0.25, -0.2) is 0 Å². The predicted molar refractivity (Wildman–Crippen MR) is 107 cm³/mol. The molecule has 0 aliphatic heterocycles. The predicted octanol–water partition coefficient (Wildman–Crippen LogP) is 4.43. The molecular formula is C23H26N2O. The quantitative estimate of drug-likeness (QED) is 0.704. The van der Waals surface area contributed by atoms with Crippen molar-refractivity contribution in [2.45, 2.75) is 33.7 Å². The second kappa shape index (κ2) is 8.05. The average molecular weight is 346 g/mol. The van der Waals surface area contributed by atoms with Gasteiger partial charge in [0, 0.05) is 18.8 Å². The van der Waals surface area contributed by atoms with Crippen LogP contribution >= 0.6 is 0 Å². The molecule has 26 heavy (non-hydrogen) atoms. The van der Waals surface area contributed by atoms with E-state index >= 15 is 0 Å². The van der Waals surface area contributed by atoms with Crippen molar-refractivity contribution in [1.29, 1.82) is 0 Å². The molecule has 1 N–H and O–H groups in total. The van der Waals surface area contributed by atoms with Crippen molar-refractivity contribution < 1.29 is 4.79 Å². The number of carbonyl (C=O) groups excluding carboxylic acids is 1. The van der Waals surface area contributed by atoms with Crippen LogP contribution in [0.25, 0.3) is 0 Å². The van der Waals surface area contributed by atoms with Gasteiger partial charge in [0.2, 0.25) is 0 Å². The van der Waals surface area contributed by atoms with E-state index in [2.05, 4.69) is 66.2 Å². The minimum Gasteiger partial charge on any atom is -0.350 e. The molecule has 0 saturated heterocycles. The lowest BCUT2D eigenvalue weighted by molar-refractivity contribution is 0.0944. The zero-order chi connectivity index (χ0) is 18.5. The van der Waals surface area contributed by atoms with E-state index in [9.17, 15) is 4.79 Å². The van der Waals surface area contributed by atoms with E-state index < -0.39 is 0 Å². The maximum Gasteiger partial charge on any atom is 0.268 e. The molecule has 3 heteroatoms. The normalized spacial score (nSPS) is 10.7. The lowest BCUT2D eigenvalue weighted by Gasteiger charge is -2.13. The second-order valence-corrected chi connectivity index (χ2v) is 6.88. The molecule has 1 heterocycles. The average Bonchev–Trinajstić information content (AvgIpc) is 2.91. The molecule has 0 atom stereocenters. The molecule has 0 bridgehead atoms. The molecule has 3 nitrogen and oxygen atoms in total. The summed E-state index contributed by atoms with van der Waals surface area (Å²) in [7, 11) is 0. The van der Waals surface area contributed by atoms with E-state index in [1.165, 1.54) is 16.7 Å². The highest BCUT2D eigenvalue weighted by atomic mass is 16.1. The summed E-state index contributed by atoms with van der Waals surface area (Å²) in [5, 5.41) is 3.08. The van der Waals surface area contributed by atoms with Crippen LogP contribution < -0.4 is 5.32 Å². The van der Waals surface area contributed by atoms with E-state index in [0.29, 0.717) is 13.1 Å². The van der Waals surface area contributed by atoms with Gasteiger partial charge in [0.25, 0.3) is 5.91 Å². The fraction of sp³-hybridized carbons (Fsp3) is 0.261. The SMILES string of the molecule is Cc1ccc(Cn2c(C)cc(C)c2C(=O)NCCc2ccccc2)cc1. The summed E-state index contributed by atoms with van der Waals surface area (Å²) in [4.78, 5) is 12.8. The maximum absolute atomic E-state index is 12.8. The van der Waals surface area contributed by atoms with Gasteiger partial charge in [-0.1, -0.05) is 60.2 Å². The molecule has 0 saturated carbocycles. The highest BCUT2D eigenvalue weighted by Gasteiger charge is 2.17. The number of nitrogens with one attached hydrogen (secondary N) is 1. The Hall–Kier alpha value is -2.81. The van der Waals surface area contributed by atoms with Crippen molar-refractivity contribution >= 4 is 5.91 Å². The van der Waals surface area contributed by atoms with Gasteiger partial charge in [0.05, 0.1) is 0 Å². The molecule has 1 amide bonds. The topological polar surface area (TPSA) is 34.0 Å². The highest BCUT2D eigenvalue weighted by molar-refractivity contribution is 5.94. The number of hydrogen-bond acceptors (Lipinski definition) is 1. The monoisotopic (exact) mass is 346 g/mol.